The van der Waals surface area contributed by atoms with Crippen molar-refractivity contribution >= 4 is 40.5 Å². The van der Waals surface area contributed by atoms with Gasteiger partial charge in [0, 0.05) is 35.0 Å². The number of aromatic nitrogens is 3. The summed E-state index contributed by atoms with van der Waals surface area (Å²) in [5.74, 6) is -0.482. The summed E-state index contributed by atoms with van der Waals surface area (Å²) < 4.78 is 5.35. The van der Waals surface area contributed by atoms with Gasteiger partial charge in [-0.2, -0.15) is 0 Å². The second kappa shape index (κ2) is 11.0. The first-order chi connectivity index (χ1) is 19.2. The lowest BCUT2D eigenvalue weighted by atomic mass is 10.1. The predicted octanol–water partition coefficient (Wildman–Crippen LogP) is 3.39. The van der Waals surface area contributed by atoms with Crippen LogP contribution in [0.2, 0.25) is 0 Å². The second-order valence-electron chi connectivity index (χ2n) is 9.50. The molecule has 5 rings (SSSR count). The number of aliphatic imine (C=N–C) groups is 1. The molecule has 0 spiro atoms. The Bertz CT molecular complexity index is 1600. The number of aromatic amines is 1. The standard InChI is InChI=1S/C29H29N7O4/c1-16-13-17(2)33-29(32-16)35-28(30-12-11-19-15-31-24-10-9-20(40-4)14-23(19)24)34-25(37)18(3)36-26(38)21-7-5-6-8-22(21)27(36)39/h5-10,13-15,18,31H,11-12H2,1-4H3,(H2,30,32,33,34,35,37). The van der Waals surface area contributed by atoms with Crippen LogP contribution in [0.1, 0.15) is 44.6 Å². The SMILES string of the molecule is COc1ccc2[nH]cc(CCN=C(NC(=O)C(C)N3C(=O)c4ccccc4C3=O)Nc3nc(C)cc(C)n3)c2c1. The van der Waals surface area contributed by atoms with Crippen LogP contribution in [-0.4, -0.2) is 63.2 Å². The zero-order valence-electron chi connectivity index (χ0n) is 22.6. The van der Waals surface area contributed by atoms with Gasteiger partial charge in [0.2, 0.25) is 17.8 Å². The van der Waals surface area contributed by atoms with E-state index in [1.54, 1.807) is 31.4 Å². The highest BCUT2D eigenvalue weighted by Gasteiger charge is 2.40. The molecule has 2 aromatic heterocycles. The third-order valence-corrected chi connectivity index (χ3v) is 6.67. The number of rotatable bonds is 7. The van der Waals surface area contributed by atoms with Crippen LogP contribution in [0.5, 0.6) is 5.75 Å². The predicted molar refractivity (Wildman–Crippen MR) is 151 cm³/mol. The molecule has 0 radical (unpaired) electrons. The van der Waals surface area contributed by atoms with E-state index in [1.807, 2.05) is 44.3 Å². The molecule has 204 valence electrons. The molecule has 3 amide bonds. The van der Waals surface area contributed by atoms with Crippen LogP contribution < -0.4 is 15.4 Å². The molecule has 3 heterocycles. The number of ether oxygens (including phenoxy) is 1. The fourth-order valence-corrected chi connectivity index (χ4v) is 4.68. The average Bonchev–Trinajstić information content (AvgIpc) is 3.45. The minimum Gasteiger partial charge on any atom is -0.497 e. The number of hydrogen-bond acceptors (Lipinski definition) is 7. The van der Waals surface area contributed by atoms with E-state index in [0.717, 1.165) is 38.5 Å². The topological polar surface area (TPSA) is 142 Å². The number of nitrogens with one attached hydrogen (secondary N) is 3. The van der Waals surface area contributed by atoms with E-state index in [1.165, 1.54) is 6.92 Å². The van der Waals surface area contributed by atoms with Crippen molar-refractivity contribution in [3.63, 3.8) is 0 Å². The van der Waals surface area contributed by atoms with Crippen molar-refractivity contribution in [3.05, 3.63) is 82.8 Å². The van der Waals surface area contributed by atoms with E-state index in [2.05, 4.69) is 30.6 Å². The van der Waals surface area contributed by atoms with E-state index < -0.39 is 23.8 Å². The van der Waals surface area contributed by atoms with Gasteiger partial charge in [-0.1, -0.05) is 12.1 Å². The second-order valence-corrected chi connectivity index (χ2v) is 9.50. The van der Waals surface area contributed by atoms with E-state index in [4.69, 9.17) is 4.74 Å². The summed E-state index contributed by atoms with van der Waals surface area (Å²) in [6, 6.07) is 13.1. The molecular weight excluding hydrogens is 510 g/mol. The summed E-state index contributed by atoms with van der Waals surface area (Å²) in [4.78, 5) is 56.7. The number of carbonyl (C=O) groups excluding carboxylic acids is 3. The molecule has 0 saturated carbocycles. The van der Waals surface area contributed by atoms with Crippen LogP contribution in [0.4, 0.5) is 5.95 Å². The first kappa shape index (κ1) is 26.5. The quantitative estimate of drug-likeness (QED) is 0.186. The van der Waals surface area contributed by atoms with Crippen LogP contribution in [0, 0.1) is 13.8 Å². The summed E-state index contributed by atoms with van der Waals surface area (Å²) in [6.45, 7) is 5.50. The molecule has 11 heteroatoms. The Morgan fingerprint density at radius 1 is 1.05 bits per heavy atom. The number of H-pyrrole nitrogens is 1. The highest BCUT2D eigenvalue weighted by atomic mass is 16.5. The molecule has 0 aliphatic carbocycles. The molecule has 0 bridgehead atoms. The number of aryl methyl sites for hydroxylation is 2. The Kier molecular flexibility index (Phi) is 7.28. The highest BCUT2D eigenvalue weighted by Crippen LogP contribution is 2.25. The molecule has 11 nitrogen and oxygen atoms in total. The molecule has 0 saturated heterocycles. The molecular formula is C29H29N7O4. The van der Waals surface area contributed by atoms with E-state index in [-0.39, 0.29) is 23.0 Å². The smallest absolute Gasteiger partial charge is 0.262 e. The maximum atomic E-state index is 13.3. The molecule has 1 aliphatic heterocycles. The summed E-state index contributed by atoms with van der Waals surface area (Å²) >= 11 is 0. The van der Waals surface area contributed by atoms with Gasteiger partial charge in [-0.3, -0.25) is 34.9 Å². The molecule has 1 aliphatic rings. The number of anilines is 1. The van der Waals surface area contributed by atoms with Crippen molar-refractivity contribution in [2.75, 3.05) is 19.0 Å². The van der Waals surface area contributed by atoms with E-state index in [9.17, 15) is 14.4 Å². The number of guanidine groups is 1. The fraction of sp³-hybridized carbons (Fsp3) is 0.241. The number of benzene rings is 2. The number of carbonyl (C=O) groups is 3. The maximum absolute atomic E-state index is 13.3. The molecule has 2 aromatic carbocycles. The van der Waals surface area contributed by atoms with Gasteiger partial charge in [0.05, 0.1) is 18.2 Å². The lowest BCUT2D eigenvalue weighted by molar-refractivity contribution is -0.123. The number of imide groups is 1. The average molecular weight is 540 g/mol. The van der Waals surface area contributed by atoms with Gasteiger partial charge in [0.1, 0.15) is 11.8 Å². The number of methoxy groups -OCH3 is 1. The van der Waals surface area contributed by atoms with Gasteiger partial charge in [-0.05, 0) is 69.2 Å². The molecule has 1 atom stereocenters. The van der Waals surface area contributed by atoms with E-state index in [0.29, 0.717) is 13.0 Å². The van der Waals surface area contributed by atoms with Crippen LogP contribution in [0.15, 0.2) is 59.7 Å². The minimum absolute atomic E-state index is 0.107. The first-order valence-electron chi connectivity index (χ1n) is 12.8. The zero-order chi connectivity index (χ0) is 28.4. The molecule has 40 heavy (non-hydrogen) atoms. The Labute approximate surface area is 230 Å². The fourth-order valence-electron chi connectivity index (χ4n) is 4.68. The zero-order valence-corrected chi connectivity index (χ0v) is 22.6. The van der Waals surface area contributed by atoms with Crippen LogP contribution in [-0.2, 0) is 11.2 Å². The van der Waals surface area contributed by atoms with Crippen molar-refractivity contribution < 1.29 is 19.1 Å². The van der Waals surface area contributed by atoms with Crippen molar-refractivity contribution in [1.29, 1.82) is 0 Å². The van der Waals surface area contributed by atoms with Crippen molar-refractivity contribution in [2.45, 2.75) is 33.2 Å². The van der Waals surface area contributed by atoms with Crippen molar-refractivity contribution in [1.82, 2.24) is 25.2 Å². The lowest BCUT2D eigenvalue weighted by Crippen LogP contribution is -2.50. The Balaban J connectivity index is 1.36. The Morgan fingerprint density at radius 2 is 1.73 bits per heavy atom. The summed E-state index contributed by atoms with van der Waals surface area (Å²) in [7, 11) is 1.62. The lowest BCUT2D eigenvalue weighted by Gasteiger charge is -2.22. The summed E-state index contributed by atoms with van der Waals surface area (Å²) in [5.41, 5.74) is 4.05. The van der Waals surface area contributed by atoms with Crippen molar-refractivity contribution in [3.8, 4) is 5.75 Å². The molecule has 3 N–H and O–H groups in total. The first-order valence-corrected chi connectivity index (χ1v) is 12.8. The van der Waals surface area contributed by atoms with Crippen molar-refractivity contribution in [2.24, 2.45) is 4.99 Å². The number of nitrogens with zero attached hydrogens (tertiary/aromatic N) is 4. The number of hydrogen-bond donors (Lipinski definition) is 3. The molecule has 0 fully saturated rings. The van der Waals surface area contributed by atoms with Crippen LogP contribution in [0.3, 0.4) is 0 Å². The third-order valence-electron chi connectivity index (χ3n) is 6.67. The van der Waals surface area contributed by atoms with Crippen LogP contribution >= 0.6 is 0 Å². The monoisotopic (exact) mass is 539 g/mol. The van der Waals surface area contributed by atoms with Gasteiger partial charge < -0.3 is 9.72 Å². The van der Waals surface area contributed by atoms with Crippen LogP contribution in [0.25, 0.3) is 10.9 Å². The van der Waals surface area contributed by atoms with Gasteiger partial charge in [0.25, 0.3) is 11.8 Å². The Hall–Kier alpha value is -5.06. The summed E-state index contributed by atoms with van der Waals surface area (Å²) in [6.07, 6.45) is 2.48. The highest BCUT2D eigenvalue weighted by molar-refractivity contribution is 6.23. The molecule has 4 aromatic rings. The summed E-state index contributed by atoms with van der Waals surface area (Å²) in [5, 5.41) is 6.74. The number of amides is 3. The van der Waals surface area contributed by atoms with Gasteiger partial charge in [-0.25, -0.2) is 9.97 Å². The third kappa shape index (κ3) is 5.26. The van der Waals surface area contributed by atoms with Gasteiger partial charge in [-0.15, -0.1) is 0 Å². The van der Waals surface area contributed by atoms with E-state index >= 15 is 0 Å². The minimum atomic E-state index is -1.08. The van der Waals surface area contributed by atoms with Gasteiger partial charge >= 0.3 is 0 Å². The Morgan fingerprint density at radius 3 is 2.38 bits per heavy atom. The maximum Gasteiger partial charge on any atom is 0.262 e. The largest absolute Gasteiger partial charge is 0.497 e. The normalized spacial score (nSPS) is 13.9. The van der Waals surface area contributed by atoms with Gasteiger partial charge in [0.15, 0.2) is 0 Å². The number of fused-ring (bicyclic) bond motifs is 2. The molecule has 1 unspecified atom stereocenters.